The summed E-state index contributed by atoms with van der Waals surface area (Å²) in [4.78, 5) is 22.3. The highest BCUT2D eigenvalue weighted by Crippen LogP contribution is 2.37. The molecule has 0 atom stereocenters. The Labute approximate surface area is 201 Å². The van der Waals surface area contributed by atoms with Crippen molar-refractivity contribution in [2.75, 3.05) is 20.8 Å². The summed E-state index contributed by atoms with van der Waals surface area (Å²) in [6.45, 7) is 2.75. The predicted molar refractivity (Wildman–Crippen MR) is 129 cm³/mol. The van der Waals surface area contributed by atoms with Gasteiger partial charge in [-0.2, -0.15) is 0 Å². The Morgan fingerprint density at radius 2 is 1.76 bits per heavy atom. The van der Waals surface area contributed by atoms with Crippen molar-refractivity contribution in [1.29, 1.82) is 0 Å². The zero-order valence-electron chi connectivity index (χ0n) is 18.7. The van der Waals surface area contributed by atoms with Gasteiger partial charge in [0.05, 0.1) is 30.2 Å². The first-order valence-corrected chi connectivity index (χ1v) is 11.1. The molecule has 33 heavy (non-hydrogen) atoms. The minimum atomic E-state index is -0.624. The quantitative estimate of drug-likeness (QED) is 0.0858. The Kier molecular flexibility index (Phi) is 10.4. The second kappa shape index (κ2) is 13.3. The van der Waals surface area contributed by atoms with Gasteiger partial charge in [0.2, 0.25) is 6.20 Å². The summed E-state index contributed by atoms with van der Waals surface area (Å²) in [6.07, 6.45) is 8.19. The van der Waals surface area contributed by atoms with Crippen LogP contribution in [0.1, 0.15) is 37.3 Å². The van der Waals surface area contributed by atoms with Crippen LogP contribution in [0, 0.1) is 10.1 Å². The molecule has 0 fully saturated rings. The monoisotopic (exact) mass is 519 g/mol. The minimum Gasteiger partial charge on any atom is -0.493 e. The average Bonchev–Trinajstić information content (AvgIpc) is 2.80. The maximum atomic E-state index is 12.4. The van der Waals surface area contributed by atoms with Gasteiger partial charge in [-0.1, -0.05) is 25.8 Å². The molecule has 2 aromatic rings. The highest BCUT2D eigenvalue weighted by Gasteiger charge is 2.14. The number of halogens is 1. The molecule has 176 valence electrons. The number of unbranched alkanes of at least 4 members (excludes halogenated alkanes) is 2. The summed E-state index contributed by atoms with van der Waals surface area (Å²) in [6, 6.07) is 8.49. The van der Waals surface area contributed by atoms with E-state index in [-0.39, 0.29) is 11.5 Å². The lowest BCUT2D eigenvalue weighted by atomic mass is 10.2. The highest BCUT2D eigenvalue weighted by atomic mass is 79.9. The van der Waals surface area contributed by atoms with Gasteiger partial charge < -0.3 is 18.9 Å². The van der Waals surface area contributed by atoms with Crippen molar-refractivity contribution in [3.8, 4) is 23.0 Å². The Morgan fingerprint density at radius 3 is 2.42 bits per heavy atom. The standard InChI is InChI=1S/C24H26BrNO7/c1-4-5-6-13-32-20-9-7-17(15-21(20)30-2)8-10-23(27)33-24-19(25)14-18(11-12-26(28)29)16-22(24)31-3/h7-12,14-16H,4-6,13H2,1-3H3/b10-8+,12-11+. The molecular formula is C24H26BrNO7. The number of ether oxygens (including phenoxy) is 4. The Bertz CT molecular complexity index is 1030. The van der Waals surface area contributed by atoms with Gasteiger partial charge in [0.15, 0.2) is 23.0 Å². The van der Waals surface area contributed by atoms with Gasteiger partial charge in [0, 0.05) is 12.2 Å². The molecule has 0 unspecified atom stereocenters. The van der Waals surface area contributed by atoms with Crippen LogP contribution < -0.4 is 18.9 Å². The third kappa shape index (κ3) is 8.27. The molecule has 2 aromatic carbocycles. The fourth-order valence-corrected chi connectivity index (χ4v) is 3.36. The lowest BCUT2D eigenvalue weighted by Crippen LogP contribution is -2.06. The lowest BCUT2D eigenvalue weighted by Gasteiger charge is -2.12. The smallest absolute Gasteiger partial charge is 0.336 e. The molecule has 0 radical (unpaired) electrons. The Morgan fingerprint density at radius 1 is 1.03 bits per heavy atom. The van der Waals surface area contributed by atoms with E-state index in [0.717, 1.165) is 31.0 Å². The van der Waals surface area contributed by atoms with Crippen molar-refractivity contribution < 1.29 is 28.7 Å². The highest BCUT2D eigenvalue weighted by molar-refractivity contribution is 9.10. The predicted octanol–water partition coefficient (Wildman–Crippen LogP) is 5.90. The second-order valence-corrected chi connectivity index (χ2v) is 7.71. The normalized spacial score (nSPS) is 11.0. The molecule has 0 spiro atoms. The van der Waals surface area contributed by atoms with Crippen LogP contribution in [0.5, 0.6) is 23.0 Å². The van der Waals surface area contributed by atoms with Crippen LogP contribution in [0.2, 0.25) is 0 Å². The van der Waals surface area contributed by atoms with Crippen LogP contribution in [0.15, 0.2) is 47.1 Å². The zero-order valence-corrected chi connectivity index (χ0v) is 20.3. The van der Waals surface area contributed by atoms with Crippen molar-refractivity contribution in [2.45, 2.75) is 26.2 Å². The number of nitrogens with zero attached hydrogens (tertiary/aromatic N) is 1. The van der Waals surface area contributed by atoms with Crippen LogP contribution in [0.25, 0.3) is 12.2 Å². The molecule has 0 amide bonds. The topological polar surface area (TPSA) is 97.1 Å². The maximum Gasteiger partial charge on any atom is 0.336 e. The van der Waals surface area contributed by atoms with Gasteiger partial charge in [-0.15, -0.1) is 0 Å². The number of methoxy groups -OCH3 is 2. The lowest BCUT2D eigenvalue weighted by molar-refractivity contribution is -0.400. The first-order valence-electron chi connectivity index (χ1n) is 10.3. The summed E-state index contributed by atoms with van der Waals surface area (Å²) in [5, 5.41) is 10.5. The van der Waals surface area contributed by atoms with Gasteiger partial charge in [-0.05, 0) is 63.8 Å². The molecule has 0 saturated heterocycles. The molecule has 0 aliphatic rings. The molecular weight excluding hydrogens is 494 g/mol. The number of carbonyl (C=O) groups is 1. The van der Waals surface area contributed by atoms with Gasteiger partial charge in [-0.25, -0.2) is 4.79 Å². The van der Waals surface area contributed by atoms with E-state index in [2.05, 4.69) is 22.9 Å². The van der Waals surface area contributed by atoms with Crippen LogP contribution in [-0.4, -0.2) is 31.7 Å². The fourth-order valence-electron chi connectivity index (χ4n) is 2.82. The van der Waals surface area contributed by atoms with E-state index in [1.807, 2.05) is 6.07 Å². The summed E-state index contributed by atoms with van der Waals surface area (Å²) in [5.74, 6) is 1.01. The van der Waals surface area contributed by atoms with Gasteiger partial charge >= 0.3 is 5.97 Å². The summed E-state index contributed by atoms with van der Waals surface area (Å²) >= 11 is 3.31. The van der Waals surface area contributed by atoms with Crippen molar-refractivity contribution in [1.82, 2.24) is 0 Å². The fraction of sp³-hybridized carbons (Fsp3) is 0.292. The summed E-state index contributed by atoms with van der Waals surface area (Å²) < 4.78 is 22.3. The summed E-state index contributed by atoms with van der Waals surface area (Å²) in [5.41, 5.74) is 1.24. The molecule has 0 aliphatic carbocycles. The van der Waals surface area contributed by atoms with E-state index >= 15 is 0 Å². The Hall–Kier alpha value is -3.33. The number of rotatable bonds is 12. The van der Waals surface area contributed by atoms with Crippen molar-refractivity contribution in [3.63, 3.8) is 0 Å². The van der Waals surface area contributed by atoms with E-state index in [1.54, 1.807) is 31.4 Å². The number of esters is 1. The van der Waals surface area contributed by atoms with E-state index in [9.17, 15) is 14.9 Å². The van der Waals surface area contributed by atoms with Crippen molar-refractivity contribution >= 4 is 34.1 Å². The van der Waals surface area contributed by atoms with Crippen molar-refractivity contribution in [2.24, 2.45) is 0 Å². The molecule has 2 rings (SSSR count). The van der Waals surface area contributed by atoms with Crippen LogP contribution in [0.3, 0.4) is 0 Å². The summed E-state index contributed by atoms with van der Waals surface area (Å²) in [7, 11) is 2.97. The first-order chi connectivity index (χ1) is 15.9. The molecule has 9 heteroatoms. The number of benzene rings is 2. The van der Waals surface area contributed by atoms with Crippen LogP contribution in [0.4, 0.5) is 0 Å². The van der Waals surface area contributed by atoms with Gasteiger partial charge in [-0.3, -0.25) is 10.1 Å². The molecule has 0 N–H and O–H groups in total. The number of carbonyl (C=O) groups excluding carboxylic acids is 1. The number of hydrogen-bond donors (Lipinski definition) is 0. The molecule has 0 aromatic heterocycles. The van der Waals surface area contributed by atoms with E-state index in [4.69, 9.17) is 18.9 Å². The molecule has 0 saturated carbocycles. The molecule has 8 nitrogen and oxygen atoms in total. The Balaban J connectivity index is 2.11. The van der Waals surface area contributed by atoms with E-state index in [0.29, 0.717) is 28.1 Å². The van der Waals surface area contributed by atoms with Crippen molar-refractivity contribution in [3.05, 3.63) is 68.3 Å². The average molecular weight is 520 g/mol. The third-order valence-corrected chi connectivity index (χ3v) is 5.04. The maximum absolute atomic E-state index is 12.4. The molecule has 0 heterocycles. The SMILES string of the molecule is CCCCCOc1ccc(/C=C/C(=O)Oc2c(Br)cc(/C=C/[N+](=O)[O-])cc2OC)cc1OC. The third-order valence-electron chi connectivity index (χ3n) is 4.45. The van der Waals surface area contributed by atoms with E-state index in [1.165, 1.54) is 25.3 Å². The molecule has 0 bridgehead atoms. The largest absolute Gasteiger partial charge is 0.493 e. The number of hydrogen-bond acceptors (Lipinski definition) is 7. The second-order valence-electron chi connectivity index (χ2n) is 6.86. The van der Waals surface area contributed by atoms with Crippen LogP contribution in [-0.2, 0) is 4.79 Å². The van der Waals surface area contributed by atoms with Gasteiger partial charge in [0.1, 0.15) is 0 Å². The zero-order chi connectivity index (χ0) is 24.2. The number of nitro groups is 1. The van der Waals surface area contributed by atoms with Gasteiger partial charge in [0.25, 0.3) is 0 Å². The van der Waals surface area contributed by atoms with Crippen LogP contribution >= 0.6 is 15.9 Å². The first kappa shape index (κ1) is 25.9. The van der Waals surface area contributed by atoms with E-state index < -0.39 is 10.9 Å². The minimum absolute atomic E-state index is 0.166. The molecule has 0 aliphatic heterocycles.